The average molecular weight is 470 g/mol. The molecule has 0 aliphatic carbocycles. The minimum atomic E-state index is -0.111. The summed E-state index contributed by atoms with van der Waals surface area (Å²) < 4.78 is 1.03. The summed E-state index contributed by atoms with van der Waals surface area (Å²) in [6.07, 6.45) is 4.72. The van der Waals surface area contributed by atoms with Crippen LogP contribution in [0.2, 0.25) is 0 Å². The third-order valence-corrected chi connectivity index (χ3v) is 6.64. The van der Waals surface area contributed by atoms with E-state index in [1.165, 1.54) is 11.3 Å². The van der Waals surface area contributed by atoms with Crippen LogP contribution in [0.5, 0.6) is 0 Å². The largest absolute Gasteiger partial charge is 0.349 e. The van der Waals surface area contributed by atoms with Gasteiger partial charge in [-0.15, -0.1) is 11.3 Å². The number of nitrogens with zero attached hydrogens (tertiary/aromatic N) is 2. The lowest BCUT2D eigenvalue weighted by Gasteiger charge is -2.32. The number of piperidine rings is 1. The average Bonchev–Trinajstić information content (AvgIpc) is 3.25. The Morgan fingerprint density at radius 3 is 2.52 bits per heavy atom. The fourth-order valence-electron chi connectivity index (χ4n) is 3.37. The molecule has 1 aromatic carbocycles. The third kappa shape index (κ3) is 4.74. The van der Waals surface area contributed by atoms with Gasteiger partial charge in [-0.3, -0.25) is 14.6 Å². The quantitative estimate of drug-likeness (QED) is 0.606. The summed E-state index contributed by atoms with van der Waals surface area (Å²) >= 11 is 4.96. The van der Waals surface area contributed by atoms with E-state index in [2.05, 4.69) is 26.2 Å². The molecule has 3 heterocycles. The van der Waals surface area contributed by atoms with Gasteiger partial charge in [0.1, 0.15) is 0 Å². The lowest BCUT2D eigenvalue weighted by atomic mass is 10.0. The lowest BCUT2D eigenvalue weighted by molar-refractivity contribution is 0.0702. The molecule has 29 heavy (non-hydrogen) atoms. The number of rotatable bonds is 4. The Labute approximate surface area is 181 Å². The van der Waals surface area contributed by atoms with Gasteiger partial charge < -0.3 is 10.2 Å². The molecular formula is C22H20BrN3O2S. The highest BCUT2D eigenvalue weighted by Gasteiger charge is 2.25. The van der Waals surface area contributed by atoms with Gasteiger partial charge in [0.15, 0.2) is 0 Å². The Balaban J connectivity index is 1.33. The Bertz CT molecular complexity index is 996. The summed E-state index contributed by atoms with van der Waals surface area (Å²) in [6.45, 7) is 1.28. The van der Waals surface area contributed by atoms with Gasteiger partial charge in [0.2, 0.25) is 0 Å². The molecule has 0 unspecified atom stereocenters. The molecule has 0 spiro atoms. The number of amides is 2. The highest BCUT2D eigenvalue weighted by atomic mass is 79.9. The molecule has 1 aliphatic rings. The first kappa shape index (κ1) is 19.8. The SMILES string of the molecule is O=C(NC1CCN(C(=O)c2ccc(-c3ccc(Br)cc3)s2)CC1)c1cccnc1. The van der Waals surface area contributed by atoms with Crippen LogP contribution in [0.4, 0.5) is 0 Å². The standard InChI is InChI=1S/C22H20BrN3O2S/c23-17-5-3-15(4-6-17)19-7-8-20(29-19)22(28)26-12-9-18(10-13-26)25-21(27)16-2-1-11-24-14-16/h1-8,11,14,18H,9-10,12-13H2,(H,25,27). The van der Waals surface area contributed by atoms with Crippen molar-refractivity contribution in [1.29, 1.82) is 0 Å². The van der Waals surface area contributed by atoms with Crippen molar-refractivity contribution in [2.24, 2.45) is 0 Å². The molecule has 1 fully saturated rings. The molecule has 1 aliphatic heterocycles. The van der Waals surface area contributed by atoms with Crippen LogP contribution in [0.1, 0.15) is 32.9 Å². The smallest absolute Gasteiger partial charge is 0.263 e. The van der Waals surface area contributed by atoms with Gasteiger partial charge in [0, 0.05) is 40.9 Å². The monoisotopic (exact) mass is 469 g/mol. The number of carbonyl (C=O) groups is 2. The summed E-state index contributed by atoms with van der Waals surface area (Å²) in [5, 5.41) is 3.05. The highest BCUT2D eigenvalue weighted by molar-refractivity contribution is 9.10. The van der Waals surface area contributed by atoms with Gasteiger partial charge >= 0.3 is 0 Å². The highest BCUT2D eigenvalue weighted by Crippen LogP contribution is 2.30. The van der Waals surface area contributed by atoms with E-state index in [1.807, 2.05) is 41.3 Å². The van der Waals surface area contributed by atoms with E-state index in [0.29, 0.717) is 18.7 Å². The Kier molecular flexibility index (Phi) is 6.06. The Hall–Kier alpha value is -2.51. The molecule has 1 saturated heterocycles. The maximum Gasteiger partial charge on any atom is 0.263 e. The molecule has 0 radical (unpaired) electrons. The van der Waals surface area contributed by atoms with E-state index in [-0.39, 0.29) is 17.9 Å². The van der Waals surface area contributed by atoms with Crippen molar-refractivity contribution in [1.82, 2.24) is 15.2 Å². The molecule has 0 saturated carbocycles. The molecule has 4 rings (SSSR count). The van der Waals surface area contributed by atoms with E-state index < -0.39 is 0 Å². The summed E-state index contributed by atoms with van der Waals surface area (Å²) in [5.41, 5.74) is 1.67. The fraction of sp³-hybridized carbons (Fsp3) is 0.227. The van der Waals surface area contributed by atoms with Gasteiger partial charge in [-0.05, 0) is 54.8 Å². The van der Waals surface area contributed by atoms with E-state index >= 15 is 0 Å². The normalized spacial score (nSPS) is 14.6. The van der Waals surface area contributed by atoms with Crippen LogP contribution in [0.3, 0.4) is 0 Å². The van der Waals surface area contributed by atoms with Gasteiger partial charge in [-0.25, -0.2) is 0 Å². The zero-order chi connectivity index (χ0) is 20.2. The van der Waals surface area contributed by atoms with Crippen molar-refractivity contribution in [3.8, 4) is 10.4 Å². The van der Waals surface area contributed by atoms with Crippen LogP contribution in [-0.4, -0.2) is 40.8 Å². The molecular weight excluding hydrogens is 450 g/mol. The summed E-state index contributed by atoms with van der Waals surface area (Å²) in [4.78, 5) is 32.9. The zero-order valence-corrected chi connectivity index (χ0v) is 18.1. The van der Waals surface area contributed by atoms with E-state index in [4.69, 9.17) is 0 Å². The first-order valence-electron chi connectivity index (χ1n) is 9.46. The number of halogens is 1. The molecule has 0 atom stereocenters. The van der Waals surface area contributed by atoms with E-state index in [1.54, 1.807) is 24.5 Å². The predicted octanol–water partition coefficient (Wildman–Crippen LogP) is 4.61. The van der Waals surface area contributed by atoms with Crippen LogP contribution in [-0.2, 0) is 0 Å². The lowest BCUT2D eigenvalue weighted by Crippen LogP contribution is -2.46. The van der Waals surface area contributed by atoms with Gasteiger partial charge in [-0.2, -0.15) is 0 Å². The maximum atomic E-state index is 12.9. The topological polar surface area (TPSA) is 62.3 Å². The molecule has 5 nitrogen and oxygen atoms in total. The van der Waals surface area contributed by atoms with Crippen LogP contribution in [0, 0.1) is 0 Å². The fourth-order valence-corrected chi connectivity index (χ4v) is 4.61. The van der Waals surface area contributed by atoms with Crippen molar-refractivity contribution in [2.45, 2.75) is 18.9 Å². The van der Waals surface area contributed by atoms with Gasteiger partial charge in [0.25, 0.3) is 11.8 Å². The Morgan fingerprint density at radius 2 is 1.83 bits per heavy atom. The number of carbonyl (C=O) groups excluding carboxylic acids is 2. The second kappa shape index (κ2) is 8.88. The minimum Gasteiger partial charge on any atom is -0.349 e. The summed E-state index contributed by atoms with van der Waals surface area (Å²) in [6, 6.07) is 15.6. The van der Waals surface area contributed by atoms with Crippen molar-refractivity contribution >= 4 is 39.1 Å². The molecule has 2 aromatic heterocycles. The van der Waals surface area contributed by atoms with Crippen LogP contribution >= 0.6 is 27.3 Å². The number of nitrogens with one attached hydrogen (secondary N) is 1. The van der Waals surface area contributed by atoms with Gasteiger partial charge in [0.05, 0.1) is 10.4 Å². The van der Waals surface area contributed by atoms with Crippen molar-refractivity contribution in [3.63, 3.8) is 0 Å². The molecule has 0 bridgehead atoms. The minimum absolute atomic E-state index is 0.0652. The predicted molar refractivity (Wildman–Crippen MR) is 118 cm³/mol. The first-order chi connectivity index (χ1) is 14.1. The molecule has 1 N–H and O–H groups in total. The Morgan fingerprint density at radius 1 is 1.07 bits per heavy atom. The van der Waals surface area contributed by atoms with Crippen molar-refractivity contribution < 1.29 is 9.59 Å². The second-order valence-corrected chi connectivity index (χ2v) is 8.95. The zero-order valence-electron chi connectivity index (χ0n) is 15.7. The van der Waals surface area contributed by atoms with E-state index in [0.717, 1.165) is 32.6 Å². The molecule has 7 heteroatoms. The van der Waals surface area contributed by atoms with Crippen LogP contribution in [0.25, 0.3) is 10.4 Å². The van der Waals surface area contributed by atoms with Crippen LogP contribution < -0.4 is 5.32 Å². The number of pyridine rings is 1. The number of hydrogen-bond donors (Lipinski definition) is 1. The number of likely N-dealkylation sites (tertiary alicyclic amines) is 1. The number of thiophene rings is 1. The second-order valence-electron chi connectivity index (χ2n) is 6.95. The maximum absolute atomic E-state index is 12.9. The van der Waals surface area contributed by atoms with E-state index in [9.17, 15) is 9.59 Å². The number of benzene rings is 1. The van der Waals surface area contributed by atoms with Crippen LogP contribution in [0.15, 0.2) is 65.4 Å². The molecule has 3 aromatic rings. The van der Waals surface area contributed by atoms with Gasteiger partial charge in [-0.1, -0.05) is 28.1 Å². The summed E-state index contributed by atoms with van der Waals surface area (Å²) in [5.74, 6) is -0.0457. The van der Waals surface area contributed by atoms with Crippen molar-refractivity contribution in [3.05, 3.63) is 75.8 Å². The third-order valence-electron chi connectivity index (χ3n) is 4.99. The molecule has 148 valence electrons. The van der Waals surface area contributed by atoms with Crippen molar-refractivity contribution in [2.75, 3.05) is 13.1 Å². The molecule has 2 amide bonds. The number of hydrogen-bond acceptors (Lipinski definition) is 4. The number of aromatic nitrogens is 1. The summed E-state index contributed by atoms with van der Waals surface area (Å²) in [7, 11) is 0. The first-order valence-corrected chi connectivity index (χ1v) is 11.1.